The SMILES string of the molecule is CN1CCN(CC(=O)Nc2ccn(CCC(F)Cn3cc(C(=O)NCc4cccc(OC(C)(F)F)c4)nn3)c(=O)c2)CC1. The van der Waals surface area contributed by atoms with Gasteiger partial charge in [-0.15, -0.1) is 5.10 Å². The fourth-order valence-electron chi connectivity index (χ4n) is 4.44. The fourth-order valence-corrected chi connectivity index (χ4v) is 4.44. The minimum atomic E-state index is -3.33. The summed E-state index contributed by atoms with van der Waals surface area (Å²) in [5, 5.41) is 12.9. The molecule has 12 nitrogen and oxygen atoms in total. The number of piperazine rings is 1. The zero-order chi connectivity index (χ0) is 31.0. The highest BCUT2D eigenvalue weighted by molar-refractivity contribution is 5.92. The van der Waals surface area contributed by atoms with Gasteiger partial charge in [-0.1, -0.05) is 17.3 Å². The van der Waals surface area contributed by atoms with Crippen molar-refractivity contribution in [3.63, 3.8) is 0 Å². The largest absolute Gasteiger partial charge is 0.433 e. The second-order valence-corrected chi connectivity index (χ2v) is 10.5. The third kappa shape index (κ3) is 10.2. The summed E-state index contributed by atoms with van der Waals surface area (Å²) >= 11 is 0. The summed E-state index contributed by atoms with van der Waals surface area (Å²) in [7, 11) is 2.04. The molecule has 0 spiro atoms. The van der Waals surface area contributed by atoms with E-state index in [0.717, 1.165) is 26.2 Å². The van der Waals surface area contributed by atoms with E-state index in [1.165, 1.54) is 45.9 Å². The number of benzene rings is 1. The van der Waals surface area contributed by atoms with Gasteiger partial charge in [-0.3, -0.25) is 19.3 Å². The molecule has 1 saturated heterocycles. The number of carbonyl (C=O) groups excluding carboxylic acids is 2. The number of amides is 2. The minimum Gasteiger partial charge on any atom is -0.433 e. The van der Waals surface area contributed by atoms with Gasteiger partial charge in [-0.05, 0) is 37.2 Å². The van der Waals surface area contributed by atoms with Crippen molar-refractivity contribution in [2.45, 2.75) is 45.3 Å². The van der Waals surface area contributed by atoms with Gasteiger partial charge in [-0.2, -0.15) is 8.78 Å². The molecule has 1 aromatic carbocycles. The fraction of sp³-hybridized carbons (Fsp3) is 0.464. The van der Waals surface area contributed by atoms with Gasteiger partial charge in [0.1, 0.15) is 11.9 Å². The summed E-state index contributed by atoms with van der Waals surface area (Å²) in [4.78, 5) is 41.6. The van der Waals surface area contributed by atoms with E-state index in [4.69, 9.17) is 0 Å². The molecule has 1 aliphatic heterocycles. The van der Waals surface area contributed by atoms with Gasteiger partial charge in [0.15, 0.2) is 5.69 Å². The van der Waals surface area contributed by atoms with Crippen molar-refractivity contribution in [3.8, 4) is 5.75 Å². The van der Waals surface area contributed by atoms with Gasteiger partial charge in [0.05, 0.1) is 19.3 Å². The van der Waals surface area contributed by atoms with Crippen LogP contribution in [0.25, 0.3) is 0 Å². The predicted octanol–water partition coefficient (Wildman–Crippen LogP) is 1.98. The maximum atomic E-state index is 14.7. The average Bonchev–Trinajstić information content (AvgIpc) is 3.40. The van der Waals surface area contributed by atoms with Gasteiger partial charge in [-0.25, -0.2) is 9.07 Å². The summed E-state index contributed by atoms with van der Waals surface area (Å²) in [6.45, 7) is 4.22. The second-order valence-electron chi connectivity index (χ2n) is 10.5. The lowest BCUT2D eigenvalue weighted by Crippen LogP contribution is -2.47. The quantitative estimate of drug-likeness (QED) is 0.304. The van der Waals surface area contributed by atoms with Crippen LogP contribution in [0, 0.1) is 0 Å². The molecule has 3 heterocycles. The molecular formula is C28H35F3N8O4. The number of halogens is 3. The number of nitrogens with one attached hydrogen (secondary N) is 2. The monoisotopic (exact) mass is 604 g/mol. The van der Waals surface area contributed by atoms with Crippen LogP contribution >= 0.6 is 0 Å². The first-order chi connectivity index (χ1) is 20.4. The summed E-state index contributed by atoms with van der Waals surface area (Å²) in [6, 6.07) is 8.82. The van der Waals surface area contributed by atoms with Crippen LogP contribution in [-0.2, 0) is 24.4 Å². The molecule has 0 bridgehead atoms. The molecule has 2 N–H and O–H groups in total. The smallest absolute Gasteiger partial charge is 0.394 e. The Kier molecular flexibility index (Phi) is 10.5. The van der Waals surface area contributed by atoms with Gasteiger partial charge >= 0.3 is 6.11 Å². The Balaban J connectivity index is 1.20. The van der Waals surface area contributed by atoms with E-state index in [2.05, 4.69) is 35.5 Å². The van der Waals surface area contributed by atoms with Crippen molar-refractivity contribution < 1.29 is 27.5 Å². The van der Waals surface area contributed by atoms with Crippen LogP contribution in [0.4, 0.5) is 18.9 Å². The second kappa shape index (κ2) is 14.3. The van der Waals surface area contributed by atoms with Crippen LogP contribution in [0.3, 0.4) is 0 Å². The van der Waals surface area contributed by atoms with Crippen molar-refractivity contribution in [2.24, 2.45) is 0 Å². The van der Waals surface area contributed by atoms with Crippen LogP contribution in [0.5, 0.6) is 5.75 Å². The molecule has 0 saturated carbocycles. The molecule has 15 heteroatoms. The molecule has 43 heavy (non-hydrogen) atoms. The van der Waals surface area contributed by atoms with E-state index < -0.39 is 18.2 Å². The number of hydrogen-bond acceptors (Lipinski definition) is 8. The highest BCUT2D eigenvalue weighted by atomic mass is 19.3. The molecule has 1 fully saturated rings. The number of anilines is 1. The zero-order valence-electron chi connectivity index (χ0n) is 24.0. The number of nitrogens with zero attached hydrogens (tertiary/aromatic N) is 6. The van der Waals surface area contributed by atoms with Crippen molar-refractivity contribution >= 4 is 17.5 Å². The minimum absolute atomic E-state index is 0.00558. The van der Waals surface area contributed by atoms with Gasteiger partial charge in [0.2, 0.25) is 5.91 Å². The number of carbonyl (C=O) groups is 2. The highest BCUT2D eigenvalue weighted by Crippen LogP contribution is 2.21. The lowest BCUT2D eigenvalue weighted by Gasteiger charge is -2.31. The normalized spacial score (nSPS) is 15.2. The van der Waals surface area contributed by atoms with E-state index in [1.54, 1.807) is 12.1 Å². The van der Waals surface area contributed by atoms with Crippen LogP contribution in [0.15, 0.2) is 53.6 Å². The third-order valence-corrected chi connectivity index (χ3v) is 6.73. The maximum absolute atomic E-state index is 14.7. The van der Waals surface area contributed by atoms with E-state index in [0.29, 0.717) is 18.2 Å². The van der Waals surface area contributed by atoms with E-state index in [9.17, 15) is 27.6 Å². The molecule has 3 aromatic rings. The number of aromatic nitrogens is 4. The Morgan fingerprint density at radius 2 is 1.91 bits per heavy atom. The highest BCUT2D eigenvalue weighted by Gasteiger charge is 2.23. The first-order valence-corrected chi connectivity index (χ1v) is 13.8. The first-order valence-electron chi connectivity index (χ1n) is 13.8. The standard InChI is InChI=1S/C28H35F3N8O4/c1-28(30,31)43-23-5-3-4-20(14-23)16-32-27(42)24-18-39(35-34-24)17-21(29)6-8-38-9-7-22(15-26(38)41)33-25(40)19-37-12-10-36(2)11-13-37/h3-5,7,9,14-15,18,21H,6,8,10-13,16-17,19H2,1-2H3,(H,32,42)(H,33,40). The molecule has 232 valence electrons. The van der Waals surface area contributed by atoms with E-state index in [1.807, 2.05) is 7.05 Å². The summed E-state index contributed by atoms with van der Waals surface area (Å²) in [5.41, 5.74) is 0.503. The third-order valence-electron chi connectivity index (χ3n) is 6.73. The number of likely N-dealkylation sites (N-methyl/N-ethyl adjacent to an activating group) is 1. The maximum Gasteiger partial charge on any atom is 0.394 e. The van der Waals surface area contributed by atoms with Gasteiger partial charge in [0, 0.05) is 64.1 Å². The van der Waals surface area contributed by atoms with E-state index >= 15 is 0 Å². The lowest BCUT2D eigenvalue weighted by molar-refractivity contribution is -0.159. The molecule has 4 rings (SSSR count). The molecule has 0 radical (unpaired) electrons. The molecule has 1 unspecified atom stereocenters. The first kappa shape index (κ1) is 31.7. The Labute approximate surface area is 246 Å². The van der Waals surface area contributed by atoms with Crippen molar-refractivity contribution in [1.29, 1.82) is 0 Å². The number of rotatable bonds is 13. The van der Waals surface area contributed by atoms with Gasteiger partial charge in [0.25, 0.3) is 11.5 Å². The number of hydrogen-bond donors (Lipinski definition) is 2. The Morgan fingerprint density at radius 1 is 1.14 bits per heavy atom. The van der Waals surface area contributed by atoms with Gasteiger partial charge < -0.3 is 24.8 Å². The predicted molar refractivity (Wildman–Crippen MR) is 152 cm³/mol. The number of pyridine rings is 1. The number of aryl methyl sites for hydroxylation is 1. The molecule has 1 aliphatic rings. The Morgan fingerprint density at radius 3 is 2.63 bits per heavy atom. The molecular weight excluding hydrogens is 569 g/mol. The van der Waals surface area contributed by atoms with Crippen LogP contribution in [0.2, 0.25) is 0 Å². The Bertz CT molecular complexity index is 1450. The topological polar surface area (TPSA) is 127 Å². The average molecular weight is 605 g/mol. The zero-order valence-corrected chi connectivity index (χ0v) is 24.0. The molecule has 0 aliphatic carbocycles. The Hall–Kier alpha value is -4.24. The van der Waals surface area contributed by atoms with E-state index in [-0.39, 0.29) is 55.5 Å². The van der Waals surface area contributed by atoms with Crippen LogP contribution in [-0.4, -0.2) is 93.2 Å². The number of ether oxygens (including phenoxy) is 1. The van der Waals surface area contributed by atoms with Crippen molar-refractivity contribution in [1.82, 2.24) is 34.7 Å². The lowest BCUT2D eigenvalue weighted by atomic mass is 10.2. The molecule has 1 atom stereocenters. The summed E-state index contributed by atoms with van der Waals surface area (Å²) in [6.07, 6.45) is -1.91. The van der Waals surface area contributed by atoms with Crippen LogP contribution < -0.4 is 20.9 Å². The number of alkyl halides is 3. The summed E-state index contributed by atoms with van der Waals surface area (Å²) in [5.74, 6) is -0.813. The van der Waals surface area contributed by atoms with Crippen molar-refractivity contribution in [3.05, 3.63) is 70.4 Å². The van der Waals surface area contributed by atoms with Crippen molar-refractivity contribution in [2.75, 3.05) is 45.1 Å². The van der Waals surface area contributed by atoms with Crippen LogP contribution in [0.1, 0.15) is 29.4 Å². The molecule has 2 aromatic heterocycles. The summed E-state index contributed by atoms with van der Waals surface area (Å²) < 4.78 is 47.9. The molecule has 2 amide bonds.